The van der Waals surface area contributed by atoms with Gasteiger partial charge in [0, 0.05) is 19.4 Å². The molecule has 16 heavy (non-hydrogen) atoms. The molecule has 88 valence electrons. The molecule has 0 unspecified atom stereocenters. The Labute approximate surface area is 96.3 Å². The molecular formula is C12H18FN3. The highest BCUT2D eigenvalue weighted by Crippen LogP contribution is 2.13. The summed E-state index contributed by atoms with van der Waals surface area (Å²) in [5.41, 5.74) is 1.06. The molecular weight excluding hydrogens is 205 g/mol. The van der Waals surface area contributed by atoms with Crippen LogP contribution in [0.4, 0.5) is 4.39 Å². The summed E-state index contributed by atoms with van der Waals surface area (Å²) in [6, 6.07) is 3.41. The molecule has 4 heteroatoms. The fourth-order valence-corrected chi connectivity index (χ4v) is 1.04. The number of rotatable bonds is 1. The van der Waals surface area contributed by atoms with Gasteiger partial charge in [-0.25, -0.2) is 9.97 Å². The second kappa shape index (κ2) is 6.00. The van der Waals surface area contributed by atoms with E-state index in [1.807, 2.05) is 0 Å². The van der Waals surface area contributed by atoms with Crippen molar-refractivity contribution in [3.63, 3.8) is 0 Å². The van der Waals surface area contributed by atoms with Crippen molar-refractivity contribution in [3.8, 4) is 11.5 Å². The number of aryl methyl sites for hydroxylation is 1. The molecule has 0 aliphatic carbocycles. The van der Waals surface area contributed by atoms with Crippen LogP contribution in [0.25, 0.3) is 11.5 Å². The largest absolute Gasteiger partial charge is 0.343 e. The molecule has 0 bridgehead atoms. The monoisotopic (exact) mass is 223 g/mol. The number of nitrogens with zero attached hydrogens (tertiary/aromatic N) is 2. The average molecular weight is 223 g/mol. The van der Waals surface area contributed by atoms with E-state index in [1.54, 1.807) is 31.5 Å². The lowest BCUT2D eigenvalue weighted by molar-refractivity contribution is 0.575. The van der Waals surface area contributed by atoms with Gasteiger partial charge in [-0.3, -0.25) is 0 Å². The van der Waals surface area contributed by atoms with Crippen LogP contribution in [-0.2, 0) is 0 Å². The van der Waals surface area contributed by atoms with Gasteiger partial charge >= 0.3 is 0 Å². The molecule has 2 aromatic rings. The maximum Gasteiger partial charge on any atom is 0.216 e. The molecule has 0 amide bonds. The molecule has 2 heterocycles. The predicted molar refractivity (Wildman–Crippen MR) is 64.6 cm³/mol. The highest BCUT2D eigenvalue weighted by molar-refractivity contribution is 5.48. The number of aromatic amines is 1. The summed E-state index contributed by atoms with van der Waals surface area (Å²) in [7, 11) is 0. The van der Waals surface area contributed by atoms with Gasteiger partial charge in [0.1, 0.15) is 5.69 Å². The van der Waals surface area contributed by atoms with Crippen LogP contribution in [0.1, 0.15) is 27.3 Å². The summed E-state index contributed by atoms with van der Waals surface area (Å²) in [6.07, 6.45) is 4.53. The van der Waals surface area contributed by atoms with Crippen LogP contribution in [0.2, 0.25) is 0 Å². The zero-order chi connectivity index (χ0) is 12.0. The quantitative estimate of drug-likeness (QED) is 0.751. The third-order valence-corrected chi connectivity index (χ3v) is 1.78. The maximum absolute atomic E-state index is 13.0. The first-order valence-corrected chi connectivity index (χ1v) is 5.31. The van der Waals surface area contributed by atoms with Crippen molar-refractivity contribution in [1.29, 1.82) is 0 Å². The number of imidazole rings is 1. The summed E-state index contributed by atoms with van der Waals surface area (Å²) < 4.78 is 13.0. The van der Waals surface area contributed by atoms with E-state index < -0.39 is 5.95 Å². The summed E-state index contributed by atoms with van der Waals surface area (Å²) in [6.45, 7) is 5.92. The van der Waals surface area contributed by atoms with E-state index >= 15 is 0 Å². The van der Waals surface area contributed by atoms with Crippen LogP contribution in [0.3, 0.4) is 0 Å². The molecule has 0 radical (unpaired) electrons. The van der Waals surface area contributed by atoms with Crippen molar-refractivity contribution in [2.75, 3.05) is 0 Å². The Bertz CT molecular complexity index is 429. The summed E-state index contributed by atoms with van der Waals surface area (Å²) in [5, 5.41) is 0. The smallest absolute Gasteiger partial charge is 0.216 e. The molecule has 0 aliphatic heterocycles. The highest BCUT2D eigenvalue weighted by Gasteiger charge is 2.04. The van der Waals surface area contributed by atoms with Crippen LogP contribution in [-0.4, -0.2) is 15.0 Å². The van der Waals surface area contributed by atoms with E-state index in [0.29, 0.717) is 17.1 Å². The zero-order valence-corrected chi connectivity index (χ0v) is 9.79. The minimum absolute atomic E-state index is 0. The number of H-pyrrole nitrogens is 1. The first kappa shape index (κ1) is 12.4. The Morgan fingerprint density at radius 1 is 1.38 bits per heavy atom. The molecule has 0 atom stereocenters. The van der Waals surface area contributed by atoms with E-state index in [1.165, 1.54) is 6.42 Å². The van der Waals surface area contributed by atoms with Crippen molar-refractivity contribution < 1.29 is 5.82 Å². The lowest BCUT2D eigenvalue weighted by atomic mass is 10.2. The molecule has 1 N–H and O–H groups in total. The van der Waals surface area contributed by atoms with Gasteiger partial charge in [-0.05, 0) is 13.0 Å². The van der Waals surface area contributed by atoms with Gasteiger partial charge in [0.25, 0.3) is 0 Å². The third kappa shape index (κ3) is 3.15. The first-order chi connectivity index (χ1) is 7.69. The first-order valence-electron chi connectivity index (χ1n) is 5.31. The maximum atomic E-state index is 13.0. The summed E-state index contributed by atoms with van der Waals surface area (Å²) in [5.74, 6) is 0.132. The second-order valence-electron chi connectivity index (χ2n) is 3.45. The summed E-state index contributed by atoms with van der Waals surface area (Å²) in [4.78, 5) is 10.6. The number of halogens is 1. The van der Waals surface area contributed by atoms with Crippen LogP contribution in [0, 0.1) is 12.9 Å². The lowest BCUT2D eigenvalue weighted by Crippen LogP contribution is -1.92. The van der Waals surface area contributed by atoms with Crippen molar-refractivity contribution in [2.24, 2.45) is 0 Å². The van der Waals surface area contributed by atoms with Crippen LogP contribution >= 0.6 is 0 Å². The molecule has 2 rings (SSSR count). The van der Waals surface area contributed by atoms with E-state index in [4.69, 9.17) is 0 Å². The van der Waals surface area contributed by atoms with Gasteiger partial charge in [0.2, 0.25) is 5.95 Å². The van der Waals surface area contributed by atoms with Gasteiger partial charge in [0.15, 0.2) is 5.82 Å². The van der Waals surface area contributed by atoms with Crippen LogP contribution in [0.5, 0.6) is 0 Å². The summed E-state index contributed by atoms with van der Waals surface area (Å²) >= 11 is 0. The Morgan fingerprint density at radius 3 is 2.56 bits per heavy atom. The van der Waals surface area contributed by atoms with E-state index in [0.717, 1.165) is 0 Å². The molecule has 0 aromatic carbocycles. The van der Waals surface area contributed by atoms with Gasteiger partial charge in [-0.2, -0.15) is 4.39 Å². The molecule has 2 aromatic heterocycles. The van der Waals surface area contributed by atoms with E-state index in [2.05, 4.69) is 28.8 Å². The Morgan fingerprint density at radius 2 is 2.06 bits per heavy atom. The van der Waals surface area contributed by atoms with Crippen molar-refractivity contribution >= 4 is 0 Å². The number of hydrogen-bond donors (Lipinski definition) is 1. The standard InChI is InChI=1S/C9H8FN3.C3H8.H2/c1-6-2-3-7(13-8(6)10)9-11-4-5-12-9;1-3-2;/h2-5H,1H3,(H,11,12);3H2,1-2H3;1H. The predicted octanol–water partition coefficient (Wildman–Crippen LogP) is 3.58. The Balaban J connectivity index is 0.000000583. The van der Waals surface area contributed by atoms with Gasteiger partial charge < -0.3 is 4.98 Å². The van der Waals surface area contributed by atoms with Crippen molar-refractivity contribution in [3.05, 3.63) is 36.0 Å². The third-order valence-electron chi connectivity index (χ3n) is 1.78. The minimum atomic E-state index is -0.450. The van der Waals surface area contributed by atoms with Gasteiger partial charge in [-0.1, -0.05) is 26.3 Å². The van der Waals surface area contributed by atoms with Gasteiger partial charge in [0.05, 0.1) is 0 Å². The molecule has 0 aliphatic rings. The molecule has 0 saturated heterocycles. The fraction of sp³-hybridized carbons (Fsp3) is 0.333. The molecule has 3 nitrogen and oxygen atoms in total. The number of hydrogen-bond acceptors (Lipinski definition) is 2. The average Bonchev–Trinajstić information content (AvgIpc) is 2.76. The van der Waals surface area contributed by atoms with Crippen LogP contribution in [0.15, 0.2) is 24.5 Å². The van der Waals surface area contributed by atoms with E-state index in [-0.39, 0.29) is 1.43 Å². The minimum Gasteiger partial charge on any atom is -0.343 e. The molecule has 0 spiro atoms. The number of nitrogens with one attached hydrogen (secondary N) is 1. The van der Waals surface area contributed by atoms with Crippen molar-refractivity contribution in [2.45, 2.75) is 27.2 Å². The molecule has 0 saturated carbocycles. The van der Waals surface area contributed by atoms with Crippen molar-refractivity contribution in [1.82, 2.24) is 15.0 Å². The molecule has 0 fully saturated rings. The number of aromatic nitrogens is 3. The Kier molecular flexibility index (Phi) is 4.64. The normalized spacial score (nSPS) is 9.50. The topological polar surface area (TPSA) is 41.6 Å². The fourth-order valence-electron chi connectivity index (χ4n) is 1.04. The second-order valence-corrected chi connectivity index (χ2v) is 3.45. The van der Waals surface area contributed by atoms with Gasteiger partial charge in [-0.15, -0.1) is 0 Å². The SMILES string of the molecule is CCC.Cc1ccc(-c2ncc[nH]2)nc1F.[HH]. The number of pyridine rings is 1. The van der Waals surface area contributed by atoms with E-state index in [9.17, 15) is 4.39 Å². The zero-order valence-electron chi connectivity index (χ0n) is 9.79. The van der Waals surface area contributed by atoms with Crippen LogP contribution < -0.4 is 0 Å². The highest BCUT2D eigenvalue weighted by atomic mass is 19.1. The lowest BCUT2D eigenvalue weighted by Gasteiger charge is -1.98. The Hall–Kier alpha value is -1.71.